The SMILES string of the molecule is CN(CC#Cc1ccc2c(c1)C1(C(=O)N2)C(C(=O)N2CCCCCCC2)C2C(=O)OC(c3ccccc3)C(c3ccccc3)N2C1c1cccc(OCCO)c1)Cc1ccccc1. The van der Waals surface area contributed by atoms with Crippen LogP contribution < -0.4 is 10.1 Å². The number of carbonyl (C=O) groups excluding carboxylic acids is 3. The topological polar surface area (TPSA) is 112 Å². The number of cyclic esters (lactones) is 1. The van der Waals surface area contributed by atoms with Gasteiger partial charge in [-0.3, -0.25) is 24.2 Å². The van der Waals surface area contributed by atoms with Crippen molar-refractivity contribution in [3.8, 4) is 17.6 Å². The van der Waals surface area contributed by atoms with Crippen LogP contribution in [0.25, 0.3) is 0 Å². The van der Waals surface area contributed by atoms with E-state index in [4.69, 9.17) is 9.47 Å². The molecule has 6 unspecified atom stereocenters. The molecule has 4 aliphatic heterocycles. The van der Waals surface area contributed by atoms with Crippen LogP contribution in [-0.4, -0.2) is 83.5 Å². The van der Waals surface area contributed by atoms with Gasteiger partial charge in [0.25, 0.3) is 0 Å². The lowest BCUT2D eigenvalue weighted by Gasteiger charge is -2.46. The molecule has 0 aliphatic carbocycles. The van der Waals surface area contributed by atoms with Gasteiger partial charge in [0.15, 0.2) is 0 Å². The second-order valence-electron chi connectivity index (χ2n) is 17.2. The predicted octanol–water partition coefficient (Wildman–Crippen LogP) is 7.60. The first kappa shape index (κ1) is 42.1. The number of anilines is 1. The molecule has 4 aliphatic rings. The van der Waals surface area contributed by atoms with Crippen molar-refractivity contribution >= 4 is 23.5 Å². The van der Waals surface area contributed by atoms with Gasteiger partial charge >= 0.3 is 5.97 Å². The molecule has 4 heterocycles. The molecule has 0 aromatic heterocycles. The summed E-state index contributed by atoms with van der Waals surface area (Å²) in [6.07, 6.45) is 4.01. The number of hydrogen-bond donors (Lipinski definition) is 2. The number of esters is 1. The number of rotatable bonds is 10. The van der Waals surface area contributed by atoms with Gasteiger partial charge in [-0.2, -0.15) is 0 Å². The van der Waals surface area contributed by atoms with Crippen molar-refractivity contribution in [2.75, 3.05) is 45.2 Å². The molecule has 1 spiro atoms. The van der Waals surface area contributed by atoms with E-state index in [0.717, 1.165) is 49.8 Å². The fourth-order valence-corrected chi connectivity index (χ4v) is 10.5. The van der Waals surface area contributed by atoms with Gasteiger partial charge in [-0.25, -0.2) is 0 Å². The summed E-state index contributed by atoms with van der Waals surface area (Å²) in [5.41, 5.74) is 3.86. The zero-order valence-corrected chi connectivity index (χ0v) is 35.7. The minimum atomic E-state index is -1.62. The lowest BCUT2D eigenvalue weighted by molar-refractivity contribution is -0.179. The number of carbonyl (C=O) groups is 3. The fraction of sp³-hybridized carbons (Fsp3) is 0.340. The van der Waals surface area contributed by atoms with Gasteiger partial charge in [0.1, 0.15) is 29.9 Å². The van der Waals surface area contributed by atoms with Crippen molar-refractivity contribution < 1.29 is 29.0 Å². The molecule has 2 N–H and O–H groups in total. The van der Waals surface area contributed by atoms with E-state index >= 15 is 14.4 Å². The molecule has 63 heavy (non-hydrogen) atoms. The van der Waals surface area contributed by atoms with Crippen LogP contribution in [-0.2, 0) is 31.1 Å². The van der Waals surface area contributed by atoms with Gasteiger partial charge in [0, 0.05) is 30.9 Å². The first-order valence-corrected chi connectivity index (χ1v) is 22.3. The van der Waals surface area contributed by atoms with Crippen molar-refractivity contribution in [3.05, 3.63) is 167 Å². The monoisotopic (exact) mass is 842 g/mol. The Morgan fingerprint density at radius 3 is 2.19 bits per heavy atom. The molecule has 6 atom stereocenters. The van der Waals surface area contributed by atoms with Crippen molar-refractivity contribution in [1.82, 2.24) is 14.7 Å². The minimum absolute atomic E-state index is 0.0720. The largest absolute Gasteiger partial charge is 0.491 e. The summed E-state index contributed by atoms with van der Waals surface area (Å²) in [5.74, 6) is 4.94. The van der Waals surface area contributed by atoms with Crippen molar-refractivity contribution in [2.24, 2.45) is 5.92 Å². The van der Waals surface area contributed by atoms with E-state index in [1.807, 2.05) is 133 Å². The normalized spacial score (nSPS) is 24.4. The zero-order valence-electron chi connectivity index (χ0n) is 35.7. The van der Waals surface area contributed by atoms with Gasteiger partial charge in [-0.1, -0.05) is 134 Å². The summed E-state index contributed by atoms with van der Waals surface area (Å²) >= 11 is 0. The molecule has 10 nitrogen and oxygen atoms in total. The molecule has 322 valence electrons. The van der Waals surface area contributed by atoms with E-state index in [2.05, 4.69) is 39.1 Å². The van der Waals surface area contributed by atoms with Crippen LogP contribution in [0.15, 0.2) is 133 Å². The number of aliphatic hydroxyl groups is 1. The molecule has 10 heteroatoms. The first-order valence-electron chi connectivity index (χ1n) is 22.3. The Kier molecular flexibility index (Phi) is 12.4. The highest BCUT2D eigenvalue weighted by atomic mass is 16.6. The molecule has 0 bridgehead atoms. The quantitative estimate of drug-likeness (QED) is 0.109. The third-order valence-corrected chi connectivity index (χ3v) is 13.2. The maximum atomic E-state index is 15.9. The summed E-state index contributed by atoms with van der Waals surface area (Å²) in [7, 11) is 2.03. The molecular formula is C53H54N4O6. The lowest BCUT2D eigenvalue weighted by atomic mass is 9.65. The Morgan fingerprint density at radius 2 is 1.48 bits per heavy atom. The Morgan fingerprint density at radius 1 is 0.810 bits per heavy atom. The van der Waals surface area contributed by atoms with E-state index in [9.17, 15) is 5.11 Å². The summed E-state index contributed by atoms with van der Waals surface area (Å²) in [6, 6.07) is 40.6. The number of ether oxygens (including phenoxy) is 2. The highest BCUT2D eigenvalue weighted by Crippen LogP contribution is 2.65. The van der Waals surface area contributed by atoms with Crippen LogP contribution in [0, 0.1) is 17.8 Å². The molecule has 0 radical (unpaired) electrons. The minimum Gasteiger partial charge on any atom is -0.491 e. The number of morpholine rings is 1. The molecule has 9 rings (SSSR count). The molecule has 5 aromatic carbocycles. The number of fused-ring (bicyclic) bond motifs is 3. The standard InChI is InChI=1S/C53H54N4O6/c1-55(36-38-18-8-5-9-19-38)29-17-20-37-27-28-44-43(34-37)53(52(61)54-44)45(50(59)56-30-14-3-2-4-15-31-56)47-51(60)63-48(40-23-12-7-13-24-40)46(39-21-10-6-11-22-39)57(47)49(53)41-25-16-26-42(35-41)62-33-32-58/h5-13,16,18-19,21-28,34-35,45-49,58H,2-4,14-15,29-33,36H2,1H3,(H,54,61). The van der Waals surface area contributed by atoms with Crippen LogP contribution in [0.1, 0.15) is 83.7 Å². The first-order chi connectivity index (χ1) is 30.9. The summed E-state index contributed by atoms with van der Waals surface area (Å²) < 4.78 is 12.7. The Labute approximate surface area is 369 Å². The smallest absolute Gasteiger partial charge is 0.324 e. The van der Waals surface area contributed by atoms with E-state index < -0.39 is 41.5 Å². The van der Waals surface area contributed by atoms with Crippen LogP contribution in [0.5, 0.6) is 5.75 Å². The van der Waals surface area contributed by atoms with Crippen LogP contribution in [0.4, 0.5) is 5.69 Å². The second kappa shape index (κ2) is 18.6. The van der Waals surface area contributed by atoms with Gasteiger partial charge in [-0.15, -0.1) is 0 Å². The van der Waals surface area contributed by atoms with Crippen molar-refractivity contribution in [1.29, 1.82) is 0 Å². The number of amides is 2. The van der Waals surface area contributed by atoms with E-state index in [1.54, 1.807) is 0 Å². The average Bonchev–Trinajstić information content (AvgIpc) is 3.77. The van der Waals surface area contributed by atoms with Crippen molar-refractivity contribution in [2.45, 2.75) is 68.3 Å². The number of benzene rings is 5. The van der Waals surface area contributed by atoms with Gasteiger partial charge < -0.3 is 24.8 Å². The predicted molar refractivity (Wildman–Crippen MR) is 241 cm³/mol. The van der Waals surface area contributed by atoms with E-state index in [-0.39, 0.29) is 25.0 Å². The third-order valence-electron chi connectivity index (χ3n) is 13.2. The molecular weight excluding hydrogens is 789 g/mol. The van der Waals surface area contributed by atoms with E-state index in [1.165, 1.54) is 5.56 Å². The van der Waals surface area contributed by atoms with Gasteiger partial charge in [-0.05, 0) is 78.0 Å². The van der Waals surface area contributed by atoms with Crippen LogP contribution in [0.2, 0.25) is 0 Å². The summed E-state index contributed by atoms with van der Waals surface area (Å²) in [6.45, 7) is 2.21. The number of nitrogens with zero attached hydrogens (tertiary/aromatic N) is 3. The molecule has 3 saturated heterocycles. The molecule has 5 aromatic rings. The number of hydrogen-bond acceptors (Lipinski definition) is 8. The van der Waals surface area contributed by atoms with Gasteiger partial charge in [0.2, 0.25) is 11.8 Å². The molecule has 2 amide bonds. The number of aliphatic hydroxyl groups excluding tert-OH is 1. The Hall–Kier alpha value is -6.25. The van der Waals surface area contributed by atoms with Crippen LogP contribution >= 0.6 is 0 Å². The van der Waals surface area contributed by atoms with Crippen molar-refractivity contribution in [3.63, 3.8) is 0 Å². The Bertz CT molecular complexity index is 2480. The number of nitrogens with one attached hydrogen (secondary N) is 1. The molecule has 0 saturated carbocycles. The fourth-order valence-electron chi connectivity index (χ4n) is 10.5. The highest BCUT2D eigenvalue weighted by Gasteiger charge is 2.74. The number of likely N-dealkylation sites (tertiary alicyclic amines) is 1. The summed E-state index contributed by atoms with van der Waals surface area (Å²) in [4.78, 5) is 53.0. The molecule has 3 fully saturated rings. The lowest BCUT2D eigenvalue weighted by Crippen LogP contribution is -2.55. The Balaban J connectivity index is 1.26. The second-order valence-corrected chi connectivity index (χ2v) is 17.2. The van der Waals surface area contributed by atoms with Gasteiger partial charge in [0.05, 0.1) is 31.2 Å². The van der Waals surface area contributed by atoms with Crippen LogP contribution in [0.3, 0.4) is 0 Å². The third kappa shape index (κ3) is 8.13. The maximum Gasteiger partial charge on any atom is 0.324 e. The maximum absolute atomic E-state index is 15.9. The summed E-state index contributed by atoms with van der Waals surface area (Å²) in [5, 5.41) is 13.0. The zero-order chi connectivity index (χ0) is 43.3. The average molecular weight is 843 g/mol. The van der Waals surface area contributed by atoms with E-state index in [0.29, 0.717) is 47.8 Å². The highest BCUT2D eigenvalue weighted by molar-refractivity contribution is 6.12.